The second-order valence-corrected chi connectivity index (χ2v) is 10.6. The molecule has 0 saturated carbocycles. The monoisotopic (exact) mass is 466 g/mol. The van der Waals surface area contributed by atoms with Crippen LogP contribution in [0.15, 0.2) is 41.3 Å². The second-order valence-electron chi connectivity index (χ2n) is 7.87. The van der Waals surface area contributed by atoms with Gasteiger partial charge in [-0.2, -0.15) is 4.31 Å². The van der Waals surface area contributed by atoms with E-state index < -0.39 is 10.0 Å². The van der Waals surface area contributed by atoms with Crippen LogP contribution in [-0.2, 0) is 27.7 Å². The summed E-state index contributed by atoms with van der Waals surface area (Å²) >= 11 is 12.2. The van der Waals surface area contributed by atoms with E-state index >= 15 is 0 Å². The molecule has 2 aliphatic rings. The van der Waals surface area contributed by atoms with Gasteiger partial charge in [0.05, 0.1) is 10.0 Å². The van der Waals surface area contributed by atoms with Gasteiger partial charge < -0.3 is 5.32 Å². The molecule has 0 spiro atoms. The zero-order chi connectivity index (χ0) is 21.3. The highest BCUT2D eigenvalue weighted by Gasteiger charge is 2.34. The number of hydrogen-bond acceptors (Lipinski definition) is 3. The van der Waals surface area contributed by atoms with E-state index in [1.165, 1.54) is 34.0 Å². The van der Waals surface area contributed by atoms with Gasteiger partial charge in [-0.1, -0.05) is 41.4 Å². The molecule has 0 atom stereocenters. The Hall–Kier alpha value is -1.60. The Morgan fingerprint density at radius 1 is 0.967 bits per heavy atom. The first-order valence-corrected chi connectivity index (χ1v) is 12.4. The summed E-state index contributed by atoms with van der Waals surface area (Å²) in [4.78, 5) is 12.8. The molecular formula is C22H24Cl2N2O3S. The molecule has 0 unspecified atom stereocenters. The largest absolute Gasteiger partial charge is 0.326 e. The van der Waals surface area contributed by atoms with Gasteiger partial charge in [-0.15, -0.1) is 0 Å². The first-order valence-electron chi connectivity index (χ1n) is 10.2. The van der Waals surface area contributed by atoms with Crippen LogP contribution >= 0.6 is 23.2 Å². The molecule has 160 valence electrons. The molecule has 1 heterocycles. The van der Waals surface area contributed by atoms with E-state index in [0.29, 0.717) is 12.8 Å². The van der Waals surface area contributed by atoms with Crippen molar-refractivity contribution in [2.24, 2.45) is 5.92 Å². The fraction of sp³-hybridized carbons (Fsp3) is 0.409. The molecule has 1 fully saturated rings. The number of carbonyl (C=O) groups is 1. The molecule has 2 aromatic carbocycles. The summed E-state index contributed by atoms with van der Waals surface area (Å²) in [5, 5.41) is 3.31. The van der Waals surface area contributed by atoms with Crippen molar-refractivity contribution in [3.8, 4) is 0 Å². The summed E-state index contributed by atoms with van der Waals surface area (Å²) in [5.41, 5.74) is 3.46. The summed E-state index contributed by atoms with van der Waals surface area (Å²) in [6, 6.07) is 10.7. The average molecular weight is 467 g/mol. The lowest BCUT2D eigenvalue weighted by molar-refractivity contribution is -0.120. The molecule has 1 saturated heterocycles. The third-order valence-electron chi connectivity index (χ3n) is 6.00. The molecule has 1 N–H and O–H groups in total. The fourth-order valence-electron chi connectivity index (χ4n) is 4.35. The maximum atomic E-state index is 13.0. The van der Waals surface area contributed by atoms with Crippen molar-refractivity contribution in [3.05, 3.63) is 57.6 Å². The van der Waals surface area contributed by atoms with Crippen LogP contribution in [0.4, 0.5) is 5.69 Å². The third kappa shape index (κ3) is 4.24. The number of fused-ring (bicyclic) bond motifs is 1. The van der Waals surface area contributed by atoms with E-state index in [1.807, 2.05) is 12.1 Å². The number of nitrogens with zero attached hydrogens (tertiary/aromatic N) is 1. The molecule has 1 aliphatic heterocycles. The van der Waals surface area contributed by atoms with Crippen LogP contribution in [0, 0.1) is 5.92 Å². The smallest absolute Gasteiger partial charge is 0.246 e. The van der Waals surface area contributed by atoms with Gasteiger partial charge in [0.1, 0.15) is 4.90 Å². The van der Waals surface area contributed by atoms with Gasteiger partial charge in [0.2, 0.25) is 15.9 Å². The zero-order valence-electron chi connectivity index (χ0n) is 16.5. The molecule has 0 bridgehead atoms. The molecule has 0 radical (unpaired) electrons. The summed E-state index contributed by atoms with van der Waals surface area (Å²) in [5.74, 6) is -0.264. The SMILES string of the molecule is O=C(Nc1cccc2c1CCCC2)C1CCN(S(=O)(=O)c2c(Cl)cccc2Cl)CC1. The van der Waals surface area contributed by atoms with Crippen molar-refractivity contribution in [1.29, 1.82) is 0 Å². The highest BCUT2D eigenvalue weighted by atomic mass is 35.5. The molecule has 5 nitrogen and oxygen atoms in total. The van der Waals surface area contributed by atoms with Crippen molar-refractivity contribution >= 4 is 44.8 Å². The molecular weight excluding hydrogens is 443 g/mol. The molecule has 1 amide bonds. The van der Waals surface area contributed by atoms with Crippen LogP contribution in [0.3, 0.4) is 0 Å². The molecule has 2 aromatic rings. The predicted molar refractivity (Wildman–Crippen MR) is 120 cm³/mol. The highest BCUT2D eigenvalue weighted by Crippen LogP contribution is 2.34. The Labute approximate surface area is 187 Å². The quantitative estimate of drug-likeness (QED) is 0.695. The van der Waals surface area contributed by atoms with Crippen LogP contribution in [0.5, 0.6) is 0 Å². The van der Waals surface area contributed by atoms with Crippen LogP contribution in [-0.4, -0.2) is 31.7 Å². The number of amides is 1. The van der Waals surface area contributed by atoms with Crippen molar-refractivity contribution in [1.82, 2.24) is 4.31 Å². The van der Waals surface area contributed by atoms with E-state index in [9.17, 15) is 13.2 Å². The zero-order valence-corrected chi connectivity index (χ0v) is 18.9. The molecule has 0 aromatic heterocycles. The number of nitrogens with one attached hydrogen (secondary N) is 1. The Kier molecular flexibility index (Phi) is 6.39. The lowest BCUT2D eigenvalue weighted by Crippen LogP contribution is -2.41. The number of hydrogen-bond donors (Lipinski definition) is 1. The Morgan fingerprint density at radius 3 is 2.30 bits per heavy atom. The Balaban J connectivity index is 1.43. The number of rotatable bonds is 4. The van der Waals surface area contributed by atoms with E-state index in [-0.39, 0.29) is 39.9 Å². The Morgan fingerprint density at radius 2 is 1.60 bits per heavy atom. The standard InChI is InChI=1S/C22H24Cl2N2O3S/c23-18-8-4-9-19(24)21(18)30(28,29)26-13-11-16(12-14-26)22(27)25-20-10-3-6-15-5-1-2-7-17(15)20/h3-4,6,8-10,16H,1-2,5,7,11-14H2,(H,25,27). The van der Waals surface area contributed by atoms with Crippen LogP contribution in [0.1, 0.15) is 36.8 Å². The van der Waals surface area contributed by atoms with Gasteiger partial charge in [-0.3, -0.25) is 4.79 Å². The first-order chi connectivity index (χ1) is 14.4. The summed E-state index contributed by atoms with van der Waals surface area (Å²) in [6.45, 7) is 0.518. The minimum atomic E-state index is -3.81. The van der Waals surface area contributed by atoms with Crippen LogP contribution in [0.2, 0.25) is 10.0 Å². The first kappa shape index (κ1) is 21.6. The average Bonchev–Trinajstić information content (AvgIpc) is 2.74. The maximum absolute atomic E-state index is 13.0. The van der Waals surface area contributed by atoms with E-state index in [0.717, 1.165) is 24.9 Å². The van der Waals surface area contributed by atoms with Crippen molar-refractivity contribution < 1.29 is 13.2 Å². The lowest BCUT2D eigenvalue weighted by Gasteiger charge is -2.31. The number of sulfonamides is 1. The summed E-state index contributed by atoms with van der Waals surface area (Å²) in [6.07, 6.45) is 5.29. The van der Waals surface area contributed by atoms with Crippen LogP contribution in [0.25, 0.3) is 0 Å². The molecule has 1 aliphatic carbocycles. The Bertz CT molecular complexity index is 1040. The topological polar surface area (TPSA) is 66.5 Å². The number of anilines is 1. The normalized spacial score (nSPS) is 18.1. The van der Waals surface area contributed by atoms with E-state index in [1.54, 1.807) is 6.07 Å². The van der Waals surface area contributed by atoms with E-state index in [2.05, 4.69) is 11.4 Å². The fourth-order valence-corrected chi connectivity index (χ4v) is 6.91. The minimum Gasteiger partial charge on any atom is -0.326 e. The lowest BCUT2D eigenvalue weighted by atomic mass is 9.90. The van der Waals surface area contributed by atoms with Crippen LogP contribution < -0.4 is 5.32 Å². The predicted octanol–water partition coefficient (Wildman–Crippen LogP) is 4.91. The van der Waals surface area contributed by atoms with Gasteiger partial charge in [0.15, 0.2) is 0 Å². The number of aryl methyl sites for hydroxylation is 1. The highest BCUT2D eigenvalue weighted by molar-refractivity contribution is 7.89. The van der Waals surface area contributed by atoms with Crippen molar-refractivity contribution in [2.75, 3.05) is 18.4 Å². The van der Waals surface area contributed by atoms with Gasteiger partial charge in [-0.25, -0.2) is 8.42 Å². The third-order valence-corrected chi connectivity index (χ3v) is 8.85. The van der Waals surface area contributed by atoms with Crippen molar-refractivity contribution in [3.63, 3.8) is 0 Å². The second kappa shape index (κ2) is 8.87. The summed E-state index contributed by atoms with van der Waals surface area (Å²) < 4.78 is 27.4. The molecule has 4 rings (SSSR count). The van der Waals surface area contributed by atoms with Gasteiger partial charge in [-0.05, 0) is 67.9 Å². The van der Waals surface area contributed by atoms with E-state index in [4.69, 9.17) is 23.2 Å². The van der Waals surface area contributed by atoms with Gasteiger partial charge in [0.25, 0.3) is 0 Å². The van der Waals surface area contributed by atoms with Crippen molar-refractivity contribution in [2.45, 2.75) is 43.4 Å². The maximum Gasteiger partial charge on any atom is 0.246 e. The number of carbonyl (C=O) groups excluding carboxylic acids is 1. The molecule has 30 heavy (non-hydrogen) atoms. The molecule has 8 heteroatoms. The number of piperidine rings is 1. The van der Waals surface area contributed by atoms with Gasteiger partial charge >= 0.3 is 0 Å². The minimum absolute atomic E-state index is 0.0400. The summed E-state index contributed by atoms with van der Waals surface area (Å²) in [7, 11) is -3.81. The number of benzene rings is 2. The number of halogens is 2. The van der Waals surface area contributed by atoms with Gasteiger partial charge in [0, 0.05) is 24.7 Å².